The number of aromatic hydroxyl groups is 2. The fraction of sp³-hybridized carbons (Fsp3) is 0.625. The van der Waals surface area contributed by atoms with Crippen LogP contribution in [0.1, 0.15) is 44.2 Å². The fourth-order valence-electron chi connectivity index (χ4n) is 2.81. The lowest BCUT2D eigenvalue weighted by atomic mass is 10.1. The summed E-state index contributed by atoms with van der Waals surface area (Å²) in [6, 6.07) is 4.86. The van der Waals surface area contributed by atoms with E-state index in [9.17, 15) is 10.2 Å². The average molecular weight is 278 g/mol. The smallest absolute Gasteiger partial charge is 0.124 e. The van der Waals surface area contributed by atoms with Crippen molar-refractivity contribution in [1.29, 1.82) is 0 Å². The van der Waals surface area contributed by atoms with E-state index in [1.807, 2.05) is 6.92 Å². The van der Waals surface area contributed by atoms with E-state index in [1.54, 1.807) is 12.1 Å². The number of nitrogens with one attached hydrogen (secondary N) is 1. The molecule has 1 aliphatic heterocycles. The van der Waals surface area contributed by atoms with Crippen LogP contribution in [0.4, 0.5) is 0 Å². The minimum atomic E-state index is 0.0857. The first-order chi connectivity index (χ1) is 9.66. The number of rotatable bonds is 5. The highest BCUT2D eigenvalue weighted by atomic mass is 16.3. The van der Waals surface area contributed by atoms with Crippen molar-refractivity contribution >= 4 is 0 Å². The van der Waals surface area contributed by atoms with Gasteiger partial charge >= 0.3 is 0 Å². The van der Waals surface area contributed by atoms with Gasteiger partial charge in [-0.2, -0.15) is 0 Å². The second-order valence-electron chi connectivity index (χ2n) is 5.67. The van der Waals surface area contributed by atoms with Crippen LogP contribution < -0.4 is 5.32 Å². The van der Waals surface area contributed by atoms with Gasteiger partial charge in [0, 0.05) is 30.8 Å². The molecule has 112 valence electrons. The highest BCUT2D eigenvalue weighted by Crippen LogP contribution is 2.27. The van der Waals surface area contributed by atoms with Gasteiger partial charge in [0.15, 0.2) is 0 Å². The first-order valence-corrected chi connectivity index (χ1v) is 7.64. The van der Waals surface area contributed by atoms with E-state index >= 15 is 0 Å². The predicted octanol–water partition coefficient (Wildman–Crippen LogP) is 2.62. The number of phenolic OH excluding ortho intramolecular Hbond substituents is 2. The number of likely N-dealkylation sites (tertiary alicyclic amines) is 1. The SMILES string of the molecule is CC(NCCN1CCCCCC1)c1ccc(O)cc1O. The molecule has 0 aliphatic carbocycles. The molecule has 0 aromatic heterocycles. The van der Waals surface area contributed by atoms with Crippen molar-refractivity contribution in [3.05, 3.63) is 23.8 Å². The van der Waals surface area contributed by atoms with Gasteiger partial charge in [0.05, 0.1) is 0 Å². The van der Waals surface area contributed by atoms with Gasteiger partial charge in [-0.15, -0.1) is 0 Å². The van der Waals surface area contributed by atoms with Crippen molar-refractivity contribution in [2.75, 3.05) is 26.2 Å². The van der Waals surface area contributed by atoms with Crippen molar-refractivity contribution in [2.24, 2.45) is 0 Å². The van der Waals surface area contributed by atoms with E-state index < -0.39 is 0 Å². The van der Waals surface area contributed by atoms with Crippen LogP contribution in [0.25, 0.3) is 0 Å². The Hall–Kier alpha value is -1.26. The number of hydrogen-bond acceptors (Lipinski definition) is 4. The third-order valence-electron chi connectivity index (χ3n) is 4.06. The minimum absolute atomic E-state index is 0.0857. The van der Waals surface area contributed by atoms with Gasteiger partial charge < -0.3 is 20.4 Å². The normalized spacial score (nSPS) is 18.6. The third-order valence-corrected chi connectivity index (χ3v) is 4.06. The molecule has 20 heavy (non-hydrogen) atoms. The molecule has 0 bridgehead atoms. The number of benzene rings is 1. The lowest BCUT2D eigenvalue weighted by molar-refractivity contribution is 0.280. The molecular formula is C16H26N2O2. The molecule has 1 fully saturated rings. The zero-order chi connectivity index (χ0) is 14.4. The first-order valence-electron chi connectivity index (χ1n) is 7.64. The van der Waals surface area contributed by atoms with Gasteiger partial charge in [0.25, 0.3) is 0 Å². The van der Waals surface area contributed by atoms with Gasteiger partial charge in [0.2, 0.25) is 0 Å². The topological polar surface area (TPSA) is 55.7 Å². The van der Waals surface area contributed by atoms with Crippen molar-refractivity contribution in [1.82, 2.24) is 10.2 Å². The van der Waals surface area contributed by atoms with Crippen LogP contribution in [0.5, 0.6) is 11.5 Å². The summed E-state index contributed by atoms with van der Waals surface area (Å²) < 4.78 is 0. The van der Waals surface area contributed by atoms with Gasteiger partial charge in [-0.1, -0.05) is 18.9 Å². The van der Waals surface area contributed by atoms with Crippen LogP contribution in [0.2, 0.25) is 0 Å². The standard InChI is InChI=1S/C16H26N2O2/c1-13(15-7-6-14(19)12-16(15)20)17-8-11-18-9-4-2-3-5-10-18/h6-7,12-13,17,19-20H,2-5,8-11H2,1H3. The lowest BCUT2D eigenvalue weighted by Crippen LogP contribution is -2.33. The highest BCUT2D eigenvalue weighted by molar-refractivity contribution is 5.40. The monoisotopic (exact) mass is 278 g/mol. The van der Waals surface area contributed by atoms with Crippen LogP contribution in [0, 0.1) is 0 Å². The summed E-state index contributed by atoms with van der Waals surface area (Å²) in [4.78, 5) is 2.52. The van der Waals surface area contributed by atoms with Crippen LogP contribution >= 0.6 is 0 Å². The molecule has 1 aromatic carbocycles. The van der Waals surface area contributed by atoms with E-state index in [2.05, 4.69) is 10.2 Å². The molecule has 1 saturated heterocycles. The van der Waals surface area contributed by atoms with Crippen molar-refractivity contribution in [3.63, 3.8) is 0 Å². The molecular weight excluding hydrogens is 252 g/mol. The molecule has 2 rings (SSSR count). The summed E-state index contributed by atoms with van der Waals surface area (Å²) in [6.07, 6.45) is 5.35. The molecule has 0 saturated carbocycles. The van der Waals surface area contributed by atoms with Crippen molar-refractivity contribution < 1.29 is 10.2 Å². The largest absolute Gasteiger partial charge is 0.508 e. The Balaban J connectivity index is 1.78. The van der Waals surface area contributed by atoms with Crippen LogP contribution in [-0.4, -0.2) is 41.3 Å². The van der Waals surface area contributed by atoms with Gasteiger partial charge in [0.1, 0.15) is 11.5 Å². The molecule has 1 unspecified atom stereocenters. The number of phenols is 2. The number of hydrogen-bond donors (Lipinski definition) is 3. The Bertz CT molecular complexity index is 415. The highest BCUT2D eigenvalue weighted by Gasteiger charge is 2.12. The summed E-state index contributed by atoms with van der Waals surface area (Å²) in [7, 11) is 0. The Morgan fingerprint density at radius 3 is 2.50 bits per heavy atom. The molecule has 1 aromatic rings. The molecule has 3 N–H and O–H groups in total. The zero-order valence-corrected chi connectivity index (χ0v) is 12.3. The van der Waals surface area contributed by atoms with Gasteiger partial charge in [-0.3, -0.25) is 0 Å². The van der Waals surface area contributed by atoms with Crippen LogP contribution in [0.15, 0.2) is 18.2 Å². The Morgan fingerprint density at radius 2 is 1.85 bits per heavy atom. The molecule has 1 heterocycles. The van der Waals surface area contributed by atoms with E-state index in [-0.39, 0.29) is 17.5 Å². The first kappa shape index (κ1) is 15.1. The number of nitrogens with zero attached hydrogens (tertiary/aromatic N) is 1. The Morgan fingerprint density at radius 1 is 1.15 bits per heavy atom. The summed E-state index contributed by atoms with van der Waals surface area (Å²) in [5.41, 5.74) is 0.832. The van der Waals surface area contributed by atoms with E-state index in [0.717, 1.165) is 18.7 Å². The van der Waals surface area contributed by atoms with E-state index in [1.165, 1.54) is 44.8 Å². The summed E-state index contributed by atoms with van der Waals surface area (Å²) in [5, 5.41) is 22.6. The second kappa shape index (κ2) is 7.50. The average Bonchev–Trinajstić information content (AvgIpc) is 2.67. The predicted molar refractivity (Wildman–Crippen MR) is 81.1 cm³/mol. The summed E-state index contributed by atoms with van der Waals surface area (Å²) in [5.74, 6) is 0.253. The summed E-state index contributed by atoms with van der Waals surface area (Å²) in [6.45, 7) is 6.43. The fourth-order valence-corrected chi connectivity index (χ4v) is 2.81. The van der Waals surface area contributed by atoms with Crippen LogP contribution in [0.3, 0.4) is 0 Å². The van der Waals surface area contributed by atoms with Crippen LogP contribution in [-0.2, 0) is 0 Å². The molecule has 0 spiro atoms. The maximum atomic E-state index is 9.84. The van der Waals surface area contributed by atoms with E-state index in [4.69, 9.17) is 0 Å². The zero-order valence-electron chi connectivity index (χ0n) is 12.3. The van der Waals surface area contributed by atoms with Gasteiger partial charge in [-0.05, 0) is 38.9 Å². The Labute approximate surface area is 121 Å². The Kier molecular flexibility index (Phi) is 5.68. The van der Waals surface area contributed by atoms with Crippen molar-refractivity contribution in [2.45, 2.75) is 38.6 Å². The third kappa shape index (κ3) is 4.39. The maximum Gasteiger partial charge on any atom is 0.124 e. The minimum Gasteiger partial charge on any atom is -0.508 e. The molecule has 4 nitrogen and oxygen atoms in total. The quantitative estimate of drug-likeness (QED) is 0.775. The molecule has 1 atom stereocenters. The molecule has 0 amide bonds. The maximum absolute atomic E-state index is 9.84. The molecule has 0 radical (unpaired) electrons. The van der Waals surface area contributed by atoms with E-state index in [0.29, 0.717) is 0 Å². The lowest BCUT2D eigenvalue weighted by Gasteiger charge is -2.22. The molecule has 1 aliphatic rings. The second-order valence-corrected chi connectivity index (χ2v) is 5.67. The van der Waals surface area contributed by atoms with Crippen molar-refractivity contribution in [3.8, 4) is 11.5 Å². The molecule has 4 heteroatoms. The summed E-state index contributed by atoms with van der Waals surface area (Å²) >= 11 is 0. The van der Waals surface area contributed by atoms with Gasteiger partial charge in [-0.25, -0.2) is 0 Å².